The number of benzene rings is 1. The minimum atomic E-state index is -3.71. The molecule has 1 heterocycles. The molecule has 0 amide bonds. The van der Waals surface area contributed by atoms with E-state index >= 15 is 0 Å². The van der Waals surface area contributed by atoms with Crippen LogP contribution in [0.25, 0.3) is 0 Å². The van der Waals surface area contributed by atoms with Gasteiger partial charge in [0.1, 0.15) is 17.2 Å². The number of carbonyl (C=O) groups is 1. The fraction of sp³-hybridized carbons (Fsp3) is 0.111. The van der Waals surface area contributed by atoms with Gasteiger partial charge in [-0.2, -0.15) is 0 Å². The molecule has 1 aromatic carbocycles. The van der Waals surface area contributed by atoms with E-state index in [0.29, 0.717) is 0 Å². The first-order valence-electron chi connectivity index (χ1n) is 4.50. The van der Waals surface area contributed by atoms with Crippen molar-refractivity contribution in [1.82, 2.24) is 4.72 Å². The van der Waals surface area contributed by atoms with Crippen molar-refractivity contribution in [1.29, 1.82) is 0 Å². The lowest BCUT2D eigenvalue weighted by molar-refractivity contribution is -0.135. The summed E-state index contributed by atoms with van der Waals surface area (Å²) < 4.78 is 26.6. The summed E-state index contributed by atoms with van der Waals surface area (Å²) in [5.74, 6) is -1.22. The van der Waals surface area contributed by atoms with E-state index in [4.69, 9.17) is 5.11 Å². The summed E-state index contributed by atoms with van der Waals surface area (Å²) in [6.07, 6.45) is -0.454. The third kappa shape index (κ3) is 2.57. The summed E-state index contributed by atoms with van der Waals surface area (Å²) in [6, 6.07) is 4.75. The van der Waals surface area contributed by atoms with Gasteiger partial charge in [-0.3, -0.25) is 9.52 Å². The molecule has 0 aliphatic carbocycles. The van der Waals surface area contributed by atoms with Crippen molar-refractivity contribution in [2.75, 3.05) is 0 Å². The summed E-state index contributed by atoms with van der Waals surface area (Å²) in [5, 5.41) is 8.61. The molecule has 1 aliphatic heterocycles. The summed E-state index contributed by atoms with van der Waals surface area (Å²) in [7, 11) is -3.71. The highest BCUT2D eigenvalue weighted by Gasteiger charge is 2.26. The van der Waals surface area contributed by atoms with Gasteiger partial charge in [0, 0.05) is 3.57 Å². The van der Waals surface area contributed by atoms with Gasteiger partial charge in [-0.15, -0.1) is 0 Å². The Morgan fingerprint density at radius 3 is 2.82 bits per heavy atom. The van der Waals surface area contributed by atoms with Crippen LogP contribution in [0.5, 0.6) is 0 Å². The molecule has 0 saturated carbocycles. The molecule has 1 aliphatic rings. The van der Waals surface area contributed by atoms with Crippen molar-refractivity contribution < 1.29 is 18.3 Å². The fourth-order valence-corrected chi connectivity index (χ4v) is 3.30. The van der Waals surface area contributed by atoms with E-state index in [1.165, 1.54) is 6.07 Å². The standard InChI is InChI=1S/C9H7IN2O4S/c10-5-1-2-6-7(3-5)17(15,16)12-8(11-6)4-9(13)14/h1-3H,4H2,(H,11,12)(H,13,14). The molecule has 0 bridgehead atoms. The van der Waals surface area contributed by atoms with Crippen LogP contribution in [0, 0.1) is 3.57 Å². The zero-order chi connectivity index (χ0) is 12.6. The van der Waals surface area contributed by atoms with Crippen LogP contribution in [-0.2, 0) is 14.8 Å². The number of halogens is 1. The van der Waals surface area contributed by atoms with Crippen molar-refractivity contribution in [2.24, 2.45) is 4.99 Å². The van der Waals surface area contributed by atoms with Gasteiger partial charge < -0.3 is 5.11 Å². The first kappa shape index (κ1) is 12.3. The van der Waals surface area contributed by atoms with E-state index in [0.717, 1.165) is 3.57 Å². The molecule has 2 N–H and O–H groups in total. The van der Waals surface area contributed by atoms with Crippen LogP contribution in [0.15, 0.2) is 28.1 Å². The van der Waals surface area contributed by atoms with E-state index < -0.39 is 22.4 Å². The maximum Gasteiger partial charge on any atom is 0.311 e. The number of sulfonamides is 1. The molecule has 0 fully saturated rings. The zero-order valence-corrected chi connectivity index (χ0v) is 11.3. The number of hydrogen-bond donors (Lipinski definition) is 2. The van der Waals surface area contributed by atoms with Gasteiger partial charge in [0.15, 0.2) is 0 Å². The first-order valence-corrected chi connectivity index (χ1v) is 7.06. The quantitative estimate of drug-likeness (QED) is 0.766. The van der Waals surface area contributed by atoms with Crippen LogP contribution in [-0.4, -0.2) is 25.3 Å². The number of nitrogens with zero attached hydrogens (tertiary/aromatic N) is 1. The second-order valence-corrected chi connectivity index (χ2v) is 6.24. The molecule has 17 heavy (non-hydrogen) atoms. The maximum atomic E-state index is 11.8. The van der Waals surface area contributed by atoms with Crippen LogP contribution in [0.3, 0.4) is 0 Å². The molecule has 2 rings (SSSR count). The predicted molar refractivity (Wildman–Crippen MR) is 68.8 cm³/mol. The third-order valence-corrected chi connectivity index (χ3v) is 4.12. The second-order valence-electron chi connectivity index (χ2n) is 3.35. The fourth-order valence-electron chi connectivity index (χ4n) is 1.39. The summed E-state index contributed by atoms with van der Waals surface area (Å²) in [4.78, 5) is 14.6. The smallest absolute Gasteiger partial charge is 0.311 e. The molecule has 6 nitrogen and oxygen atoms in total. The monoisotopic (exact) mass is 366 g/mol. The van der Waals surface area contributed by atoms with Crippen LogP contribution in [0.1, 0.15) is 6.42 Å². The highest BCUT2D eigenvalue weighted by atomic mass is 127. The van der Waals surface area contributed by atoms with Crippen molar-refractivity contribution in [3.05, 3.63) is 21.8 Å². The van der Waals surface area contributed by atoms with Gasteiger partial charge in [0.05, 0.1) is 5.69 Å². The van der Waals surface area contributed by atoms with E-state index in [2.05, 4.69) is 9.71 Å². The number of carboxylic acid groups (broad SMARTS) is 1. The largest absolute Gasteiger partial charge is 0.481 e. The van der Waals surface area contributed by atoms with Crippen LogP contribution < -0.4 is 4.72 Å². The molecular weight excluding hydrogens is 359 g/mol. The number of aliphatic carboxylic acids is 1. The highest BCUT2D eigenvalue weighted by Crippen LogP contribution is 2.29. The Bertz CT molecular complexity index is 624. The molecule has 0 atom stereocenters. The van der Waals surface area contributed by atoms with Gasteiger partial charge in [-0.1, -0.05) is 0 Å². The summed E-state index contributed by atoms with van der Waals surface area (Å²) >= 11 is 1.99. The van der Waals surface area contributed by atoms with Gasteiger partial charge >= 0.3 is 5.97 Å². The van der Waals surface area contributed by atoms with Crippen LogP contribution >= 0.6 is 22.6 Å². The lowest BCUT2D eigenvalue weighted by atomic mass is 10.3. The summed E-state index contributed by atoms with van der Waals surface area (Å²) in [6.45, 7) is 0. The number of hydrogen-bond acceptors (Lipinski definition) is 4. The normalized spacial score (nSPS) is 16.6. The Labute approximate surface area is 111 Å². The first-order chi connectivity index (χ1) is 7.88. The van der Waals surface area contributed by atoms with Crippen molar-refractivity contribution >= 4 is 50.1 Å². The van der Waals surface area contributed by atoms with Crippen molar-refractivity contribution in [2.45, 2.75) is 11.3 Å². The number of rotatable bonds is 2. The number of fused-ring (bicyclic) bond motifs is 1. The van der Waals surface area contributed by atoms with E-state index in [1.807, 2.05) is 22.6 Å². The van der Waals surface area contributed by atoms with Crippen LogP contribution in [0.4, 0.5) is 5.69 Å². The summed E-state index contributed by atoms with van der Waals surface area (Å²) in [5.41, 5.74) is 0.264. The number of nitrogens with one attached hydrogen (secondary N) is 1. The minimum absolute atomic E-state index is 0.0681. The zero-order valence-electron chi connectivity index (χ0n) is 8.34. The maximum absolute atomic E-state index is 11.8. The number of carboxylic acids is 1. The average molecular weight is 366 g/mol. The van der Waals surface area contributed by atoms with Crippen molar-refractivity contribution in [3.8, 4) is 0 Å². The number of aliphatic imine (C=N–C) groups is 1. The van der Waals surface area contributed by atoms with E-state index in [-0.39, 0.29) is 16.4 Å². The van der Waals surface area contributed by atoms with E-state index in [1.54, 1.807) is 12.1 Å². The molecule has 0 aromatic heterocycles. The molecule has 0 unspecified atom stereocenters. The highest BCUT2D eigenvalue weighted by molar-refractivity contribution is 14.1. The Hall–Kier alpha value is -1.16. The van der Waals surface area contributed by atoms with Gasteiger partial charge in [-0.25, -0.2) is 13.4 Å². The predicted octanol–water partition coefficient (Wildman–Crippen LogP) is 1.09. The van der Waals surface area contributed by atoms with Crippen LogP contribution in [0.2, 0.25) is 0 Å². The molecule has 0 radical (unpaired) electrons. The SMILES string of the molecule is O=C(O)CC1=Nc2ccc(I)cc2S(=O)(=O)N1. The Morgan fingerprint density at radius 1 is 1.47 bits per heavy atom. The van der Waals surface area contributed by atoms with Crippen molar-refractivity contribution in [3.63, 3.8) is 0 Å². The van der Waals surface area contributed by atoms with Gasteiger partial charge in [-0.05, 0) is 40.8 Å². The minimum Gasteiger partial charge on any atom is -0.481 e. The molecule has 8 heteroatoms. The Kier molecular flexibility index (Phi) is 3.08. The lowest BCUT2D eigenvalue weighted by Gasteiger charge is -2.17. The topological polar surface area (TPSA) is 95.8 Å². The average Bonchev–Trinajstić information content (AvgIpc) is 2.17. The lowest BCUT2D eigenvalue weighted by Crippen LogP contribution is -2.34. The van der Waals surface area contributed by atoms with Gasteiger partial charge in [0.25, 0.3) is 10.0 Å². The Balaban J connectivity index is 2.55. The molecular formula is C9H7IN2O4S. The second kappa shape index (κ2) is 4.26. The third-order valence-electron chi connectivity index (χ3n) is 2.04. The van der Waals surface area contributed by atoms with E-state index in [9.17, 15) is 13.2 Å². The molecule has 0 saturated heterocycles. The Morgan fingerprint density at radius 2 is 2.18 bits per heavy atom. The molecule has 0 spiro atoms. The molecule has 90 valence electrons. The van der Waals surface area contributed by atoms with Gasteiger partial charge in [0.2, 0.25) is 0 Å². The molecule has 1 aromatic rings. The number of amidine groups is 1.